The van der Waals surface area contributed by atoms with Crippen LogP contribution in [0.15, 0.2) is 47.4 Å². The van der Waals surface area contributed by atoms with Gasteiger partial charge in [0.2, 0.25) is 5.91 Å². The number of benzene rings is 2. The third-order valence-corrected chi connectivity index (χ3v) is 8.53. The molecule has 35 heavy (non-hydrogen) atoms. The van der Waals surface area contributed by atoms with E-state index >= 15 is 0 Å². The molecule has 186 valence electrons. The van der Waals surface area contributed by atoms with Gasteiger partial charge in [0.05, 0.1) is 19.1 Å². The zero-order chi connectivity index (χ0) is 24.9. The van der Waals surface area contributed by atoms with Crippen LogP contribution in [0.2, 0.25) is 5.02 Å². The van der Waals surface area contributed by atoms with Gasteiger partial charge in [-0.2, -0.15) is 0 Å². The second kappa shape index (κ2) is 11.4. The number of nitrogens with zero attached hydrogens (tertiary/aromatic N) is 1. The summed E-state index contributed by atoms with van der Waals surface area (Å²) in [6, 6.07) is 13.4. The van der Waals surface area contributed by atoms with Gasteiger partial charge in [-0.1, -0.05) is 35.9 Å². The standard InChI is InChI=1S/C27H31ClN2O4S/c1-30-21-15-19(26(31)29-13-12-17-8-10-22(33-2)23(14-17)34-3)9-11-24(21)35-25(27(30)32)16-18-6-4-5-7-20(18)28/h4-8,10,14,16,19,21,24H,9,11-13,15H2,1-3H3,(H,29,31)/b25-16-. The van der Waals surface area contributed by atoms with E-state index in [1.54, 1.807) is 26.0 Å². The fraction of sp³-hybridized carbons (Fsp3) is 0.407. The van der Waals surface area contributed by atoms with Crippen LogP contribution in [0.1, 0.15) is 30.4 Å². The summed E-state index contributed by atoms with van der Waals surface area (Å²) in [5, 5.41) is 4.00. The fourth-order valence-electron chi connectivity index (χ4n) is 4.78. The topological polar surface area (TPSA) is 67.9 Å². The maximum Gasteiger partial charge on any atom is 0.260 e. The van der Waals surface area contributed by atoms with E-state index in [-0.39, 0.29) is 29.0 Å². The van der Waals surface area contributed by atoms with E-state index in [0.717, 1.165) is 24.0 Å². The summed E-state index contributed by atoms with van der Waals surface area (Å²) in [4.78, 5) is 28.5. The lowest BCUT2D eigenvalue weighted by molar-refractivity contribution is -0.131. The minimum absolute atomic E-state index is 0.00863. The summed E-state index contributed by atoms with van der Waals surface area (Å²) in [5.41, 5.74) is 1.91. The number of nitrogens with one attached hydrogen (secondary N) is 1. The highest BCUT2D eigenvalue weighted by atomic mass is 35.5. The number of methoxy groups -OCH3 is 2. The monoisotopic (exact) mass is 514 g/mol. The molecule has 2 aliphatic rings. The number of carbonyl (C=O) groups is 2. The predicted octanol–water partition coefficient (Wildman–Crippen LogP) is 4.80. The van der Waals surface area contributed by atoms with Crippen LogP contribution < -0.4 is 14.8 Å². The summed E-state index contributed by atoms with van der Waals surface area (Å²) < 4.78 is 10.6. The Kier molecular flexibility index (Phi) is 8.29. The molecular weight excluding hydrogens is 484 g/mol. The van der Waals surface area contributed by atoms with E-state index in [9.17, 15) is 9.59 Å². The van der Waals surface area contributed by atoms with Crippen molar-refractivity contribution in [2.45, 2.75) is 37.0 Å². The van der Waals surface area contributed by atoms with Crippen molar-refractivity contribution in [1.29, 1.82) is 0 Å². The Hall–Kier alpha value is -2.64. The quantitative estimate of drug-likeness (QED) is 0.537. The molecule has 0 bridgehead atoms. The van der Waals surface area contributed by atoms with E-state index in [2.05, 4.69) is 5.32 Å². The number of hydrogen-bond donors (Lipinski definition) is 1. The number of halogens is 1. The van der Waals surface area contributed by atoms with Crippen LogP contribution in [0.5, 0.6) is 11.5 Å². The minimum Gasteiger partial charge on any atom is -0.493 e. The molecule has 3 unspecified atom stereocenters. The Labute approximate surface area is 216 Å². The van der Waals surface area contributed by atoms with Gasteiger partial charge in [-0.25, -0.2) is 0 Å². The summed E-state index contributed by atoms with van der Waals surface area (Å²) in [5.74, 6) is 1.33. The molecule has 4 rings (SSSR count). The molecule has 2 aromatic rings. The van der Waals surface area contributed by atoms with Crippen molar-refractivity contribution in [2.75, 3.05) is 27.8 Å². The van der Waals surface area contributed by atoms with Crippen LogP contribution >= 0.6 is 23.4 Å². The maximum atomic E-state index is 13.1. The Morgan fingerprint density at radius 3 is 2.69 bits per heavy atom. The Bertz CT molecular complexity index is 1120. The van der Waals surface area contributed by atoms with Crippen LogP contribution in [0.3, 0.4) is 0 Å². The lowest BCUT2D eigenvalue weighted by Gasteiger charge is -2.44. The number of rotatable bonds is 7. The highest BCUT2D eigenvalue weighted by Gasteiger charge is 2.42. The SMILES string of the molecule is COc1ccc(CCNC(=O)C2CCC3S/C(=C\c4ccccc4Cl)C(=O)N(C)C3C2)cc1OC. The Balaban J connectivity index is 1.33. The number of hydrogen-bond acceptors (Lipinski definition) is 5. The summed E-state index contributed by atoms with van der Waals surface area (Å²) >= 11 is 7.92. The molecule has 3 atom stereocenters. The third kappa shape index (κ3) is 5.78. The molecule has 0 radical (unpaired) electrons. The first-order valence-electron chi connectivity index (χ1n) is 11.8. The van der Waals surface area contributed by atoms with Crippen molar-refractivity contribution in [1.82, 2.24) is 10.2 Å². The third-order valence-electron chi connectivity index (χ3n) is 6.79. The minimum atomic E-state index is -0.0911. The first-order valence-corrected chi connectivity index (χ1v) is 13.1. The summed E-state index contributed by atoms with van der Waals surface area (Å²) in [7, 11) is 5.07. The van der Waals surface area contributed by atoms with Crippen molar-refractivity contribution in [2.24, 2.45) is 5.92 Å². The molecule has 1 heterocycles. The Morgan fingerprint density at radius 2 is 1.94 bits per heavy atom. The van der Waals surface area contributed by atoms with Gasteiger partial charge in [-0.3, -0.25) is 9.59 Å². The molecule has 6 nitrogen and oxygen atoms in total. The number of likely N-dealkylation sites (N-methyl/N-ethyl adjacent to an activating group) is 1. The van der Waals surface area contributed by atoms with Gasteiger partial charge in [0.1, 0.15) is 0 Å². The largest absolute Gasteiger partial charge is 0.493 e. The highest BCUT2D eigenvalue weighted by molar-refractivity contribution is 8.04. The van der Waals surface area contributed by atoms with Crippen LogP contribution in [0.25, 0.3) is 6.08 Å². The molecule has 2 aromatic carbocycles. The van der Waals surface area contributed by atoms with Gasteiger partial charge in [-0.05, 0) is 61.1 Å². The van der Waals surface area contributed by atoms with Gasteiger partial charge in [0, 0.05) is 35.8 Å². The first-order chi connectivity index (χ1) is 16.9. The van der Waals surface area contributed by atoms with Gasteiger partial charge >= 0.3 is 0 Å². The fourth-order valence-corrected chi connectivity index (χ4v) is 6.44. The van der Waals surface area contributed by atoms with Crippen molar-refractivity contribution >= 4 is 41.3 Å². The van der Waals surface area contributed by atoms with E-state index in [1.807, 2.05) is 60.5 Å². The molecule has 0 spiro atoms. The van der Waals surface area contributed by atoms with E-state index in [4.69, 9.17) is 21.1 Å². The van der Waals surface area contributed by atoms with Crippen molar-refractivity contribution in [3.63, 3.8) is 0 Å². The van der Waals surface area contributed by atoms with Crippen molar-refractivity contribution in [3.8, 4) is 11.5 Å². The van der Waals surface area contributed by atoms with E-state index in [0.29, 0.717) is 40.8 Å². The zero-order valence-corrected chi connectivity index (χ0v) is 21.8. The average Bonchev–Trinajstić information content (AvgIpc) is 2.88. The summed E-state index contributed by atoms with van der Waals surface area (Å²) in [6.45, 7) is 0.549. The molecule has 1 saturated heterocycles. The molecule has 2 fully saturated rings. The molecule has 1 saturated carbocycles. The first kappa shape index (κ1) is 25.5. The lowest BCUT2D eigenvalue weighted by atomic mass is 9.83. The maximum absolute atomic E-state index is 13.1. The highest BCUT2D eigenvalue weighted by Crippen LogP contribution is 2.43. The second-order valence-corrected chi connectivity index (χ2v) is 10.6. The van der Waals surface area contributed by atoms with Crippen LogP contribution in [-0.4, -0.2) is 55.8 Å². The lowest BCUT2D eigenvalue weighted by Crippen LogP contribution is -2.52. The second-order valence-electron chi connectivity index (χ2n) is 8.91. The smallest absolute Gasteiger partial charge is 0.260 e. The number of fused-ring (bicyclic) bond motifs is 1. The van der Waals surface area contributed by atoms with E-state index < -0.39 is 0 Å². The van der Waals surface area contributed by atoms with Gasteiger partial charge in [0.25, 0.3) is 5.91 Å². The number of ether oxygens (including phenoxy) is 2. The van der Waals surface area contributed by atoms with Crippen molar-refractivity contribution < 1.29 is 19.1 Å². The van der Waals surface area contributed by atoms with Crippen LogP contribution in [0.4, 0.5) is 0 Å². The molecule has 2 amide bonds. The van der Waals surface area contributed by atoms with Gasteiger partial charge < -0.3 is 19.7 Å². The molecule has 1 aliphatic carbocycles. The molecule has 1 N–H and O–H groups in total. The molecule has 8 heteroatoms. The number of amides is 2. The number of carbonyl (C=O) groups excluding carboxylic acids is 2. The summed E-state index contributed by atoms with van der Waals surface area (Å²) in [6.07, 6.45) is 4.98. The predicted molar refractivity (Wildman–Crippen MR) is 141 cm³/mol. The molecular formula is C27H31ClN2O4S. The van der Waals surface area contributed by atoms with Crippen LogP contribution in [0, 0.1) is 5.92 Å². The number of thioether (sulfide) groups is 1. The Morgan fingerprint density at radius 1 is 1.17 bits per heavy atom. The van der Waals surface area contributed by atoms with Gasteiger partial charge in [0.15, 0.2) is 11.5 Å². The zero-order valence-electron chi connectivity index (χ0n) is 20.3. The van der Waals surface area contributed by atoms with Crippen LogP contribution in [-0.2, 0) is 16.0 Å². The van der Waals surface area contributed by atoms with E-state index in [1.165, 1.54) is 0 Å². The molecule has 1 aliphatic heterocycles. The van der Waals surface area contributed by atoms with Crippen molar-refractivity contribution in [3.05, 3.63) is 63.5 Å². The average molecular weight is 515 g/mol. The van der Waals surface area contributed by atoms with Gasteiger partial charge in [-0.15, -0.1) is 11.8 Å². The molecule has 0 aromatic heterocycles. The normalized spacial score (nSPS) is 23.1.